The second-order valence-electron chi connectivity index (χ2n) is 1.56. The van der Waals surface area contributed by atoms with E-state index in [1.165, 1.54) is 0 Å². The van der Waals surface area contributed by atoms with Crippen LogP contribution >= 0.6 is 0 Å². The molecule has 0 bridgehead atoms. The lowest BCUT2D eigenvalue weighted by atomic mass is 10.4. The van der Waals surface area contributed by atoms with E-state index in [4.69, 9.17) is 9.47 Å². The first kappa shape index (κ1) is 5.79. The molecule has 0 aliphatic carbocycles. The van der Waals surface area contributed by atoms with Crippen molar-refractivity contribution >= 4 is 0 Å². The Balaban J connectivity index is 2.14. The minimum atomic E-state index is 0.698. The Hall–Kier alpha value is -0.340. The van der Waals surface area contributed by atoms with Crippen LogP contribution in [0.3, 0.4) is 0 Å². The summed E-state index contributed by atoms with van der Waals surface area (Å²) in [7, 11) is 0. The van der Waals surface area contributed by atoms with Crippen LogP contribution in [0, 0.1) is 6.29 Å². The fraction of sp³-hybridized carbons (Fsp3) is 0.500. The van der Waals surface area contributed by atoms with E-state index in [0.29, 0.717) is 19.5 Å². The number of hydrogen-bond acceptors (Lipinski definition) is 2. The summed E-state index contributed by atoms with van der Waals surface area (Å²) in [6.07, 6.45) is 3.20. The Morgan fingerprint density at radius 1 is 1.50 bits per heavy atom. The molecule has 0 atom stereocenters. The lowest BCUT2D eigenvalue weighted by molar-refractivity contribution is 0.0735. The van der Waals surface area contributed by atoms with E-state index in [1.54, 1.807) is 6.08 Å². The van der Waals surface area contributed by atoms with Gasteiger partial charge in [-0.3, -0.25) is 0 Å². The van der Waals surface area contributed by atoms with E-state index in [-0.39, 0.29) is 0 Å². The molecule has 0 aromatic carbocycles. The first-order valence-electron chi connectivity index (χ1n) is 2.66. The molecule has 8 heavy (non-hydrogen) atoms. The fourth-order valence-electron chi connectivity index (χ4n) is 0.588. The molecular formula is C6H9O2. The van der Waals surface area contributed by atoms with E-state index in [0.717, 1.165) is 6.42 Å². The molecule has 1 fully saturated rings. The van der Waals surface area contributed by atoms with Crippen LogP contribution in [0.4, 0.5) is 0 Å². The second kappa shape index (κ2) is 2.84. The number of rotatable bonds is 2. The molecule has 1 heterocycles. The molecule has 2 nitrogen and oxygen atoms in total. The minimum absolute atomic E-state index is 0.698. The maximum atomic E-state index is 5.02. The van der Waals surface area contributed by atoms with Gasteiger partial charge in [-0.2, -0.15) is 0 Å². The quantitative estimate of drug-likeness (QED) is 0.499. The highest BCUT2D eigenvalue weighted by Gasteiger charge is 2.14. The maximum Gasteiger partial charge on any atom is 0.227 e. The summed E-state index contributed by atoms with van der Waals surface area (Å²) in [6, 6.07) is 0. The van der Waals surface area contributed by atoms with Crippen LogP contribution in [-0.2, 0) is 9.47 Å². The van der Waals surface area contributed by atoms with Gasteiger partial charge in [0.15, 0.2) is 0 Å². The molecule has 1 aliphatic heterocycles. The molecule has 0 saturated carbocycles. The van der Waals surface area contributed by atoms with Gasteiger partial charge in [0.1, 0.15) is 0 Å². The highest BCUT2D eigenvalue weighted by Crippen LogP contribution is 2.15. The highest BCUT2D eigenvalue weighted by molar-refractivity contribution is 4.81. The molecule has 0 aromatic rings. The predicted octanol–water partition coefficient (Wildman–Crippen LogP) is 1.10. The van der Waals surface area contributed by atoms with Crippen molar-refractivity contribution < 1.29 is 9.47 Å². The fourth-order valence-corrected chi connectivity index (χ4v) is 0.588. The summed E-state index contributed by atoms with van der Waals surface area (Å²) >= 11 is 0. The van der Waals surface area contributed by atoms with Crippen LogP contribution in [0.1, 0.15) is 6.42 Å². The normalized spacial score (nSPS) is 21.5. The van der Waals surface area contributed by atoms with Gasteiger partial charge in [-0.1, -0.05) is 6.08 Å². The van der Waals surface area contributed by atoms with Gasteiger partial charge >= 0.3 is 0 Å². The summed E-state index contributed by atoms with van der Waals surface area (Å²) in [4.78, 5) is 0. The first-order chi connectivity index (χ1) is 3.93. The van der Waals surface area contributed by atoms with Crippen molar-refractivity contribution in [3.63, 3.8) is 0 Å². The molecule has 0 spiro atoms. The van der Waals surface area contributed by atoms with Crippen molar-refractivity contribution in [3.05, 3.63) is 18.9 Å². The van der Waals surface area contributed by atoms with Crippen molar-refractivity contribution in [2.45, 2.75) is 6.42 Å². The van der Waals surface area contributed by atoms with Crippen molar-refractivity contribution in [3.8, 4) is 0 Å². The average molecular weight is 113 g/mol. The summed E-state index contributed by atoms with van der Waals surface area (Å²) in [5.41, 5.74) is 0. The lowest BCUT2D eigenvalue weighted by Gasteiger charge is -1.99. The van der Waals surface area contributed by atoms with Crippen molar-refractivity contribution in [1.29, 1.82) is 0 Å². The van der Waals surface area contributed by atoms with E-state index in [1.807, 2.05) is 0 Å². The van der Waals surface area contributed by atoms with Gasteiger partial charge in [0.2, 0.25) is 6.29 Å². The third-order valence-electron chi connectivity index (χ3n) is 0.920. The topological polar surface area (TPSA) is 18.5 Å². The summed E-state index contributed by atoms with van der Waals surface area (Å²) in [6.45, 7) is 4.94. The molecule has 0 aromatic heterocycles. The van der Waals surface area contributed by atoms with E-state index >= 15 is 0 Å². The zero-order valence-corrected chi connectivity index (χ0v) is 4.72. The van der Waals surface area contributed by atoms with Crippen molar-refractivity contribution in [2.75, 3.05) is 13.2 Å². The monoisotopic (exact) mass is 113 g/mol. The van der Waals surface area contributed by atoms with E-state index in [2.05, 4.69) is 6.58 Å². The van der Waals surface area contributed by atoms with Gasteiger partial charge in [0, 0.05) is 6.42 Å². The lowest BCUT2D eigenvalue weighted by Crippen LogP contribution is -1.92. The first-order valence-corrected chi connectivity index (χ1v) is 2.66. The van der Waals surface area contributed by atoms with Gasteiger partial charge in [0.25, 0.3) is 0 Å². The molecule has 45 valence electrons. The van der Waals surface area contributed by atoms with Crippen molar-refractivity contribution in [1.82, 2.24) is 0 Å². The third kappa shape index (κ3) is 1.32. The standard InChI is InChI=1S/C6H9O2/c1-2-3-6-7-4-5-8-6/h2H,1,3-5H2. The van der Waals surface area contributed by atoms with Gasteiger partial charge in [0.05, 0.1) is 13.2 Å². The Labute approximate surface area is 49.1 Å². The summed E-state index contributed by atoms with van der Waals surface area (Å²) < 4.78 is 10.0. The molecule has 0 amide bonds. The highest BCUT2D eigenvalue weighted by atomic mass is 16.7. The Morgan fingerprint density at radius 2 is 2.12 bits per heavy atom. The SMILES string of the molecule is C=CC[C]1OCCO1. The van der Waals surface area contributed by atoms with E-state index < -0.39 is 0 Å². The molecule has 1 radical (unpaired) electrons. The van der Waals surface area contributed by atoms with Crippen LogP contribution in [0.15, 0.2) is 12.7 Å². The van der Waals surface area contributed by atoms with Crippen LogP contribution in [0.2, 0.25) is 0 Å². The molecule has 1 saturated heterocycles. The number of ether oxygens (including phenoxy) is 2. The zero-order chi connectivity index (χ0) is 5.82. The van der Waals surface area contributed by atoms with Gasteiger partial charge in [-0.15, -0.1) is 6.58 Å². The van der Waals surface area contributed by atoms with Crippen LogP contribution in [0.25, 0.3) is 0 Å². The second-order valence-corrected chi connectivity index (χ2v) is 1.56. The summed E-state index contributed by atoms with van der Waals surface area (Å²) in [5.74, 6) is 0. The molecule has 1 aliphatic rings. The maximum absolute atomic E-state index is 5.02. The van der Waals surface area contributed by atoms with Gasteiger partial charge < -0.3 is 9.47 Å². The Bertz CT molecular complexity index is 74.6. The largest absolute Gasteiger partial charge is 0.343 e. The molecule has 1 rings (SSSR count). The molecule has 0 N–H and O–H groups in total. The minimum Gasteiger partial charge on any atom is -0.343 e. The van der Waals surface area contributed by atoms with Gasteiger partial charge in [-0.25, -0.2) is 0 Å². The van der Waals surface area contributed by atoms with E-state index in [9.17, 15) is 0 Å². The van der Waals surface area contributed by atoms with Gasteiger partial charge in [-0.05, 0) is 0 Å². The third-order valence-corrected chi connectivity index (χ3v) is 0.920. The molecular weight excluding hydrogens is 104 g/mol. The average Bonchev–Trinajstić information content (AvgIpc) is 2.19. The molecule has 0 unspecified atom stereocenters. The Morgan fingerprint density at radius 3 is 2.62 bits per heavy atom. The molecule has 2 heteroatoms. The van der Waals surface area contributed by atoms with Crippen LogP contribution < -0.4 is 0 Å². The van der Waals surface area contributed by atoms with Crippen LogP contribution in [0.5, 0.6) is 0 Å². The van der Waals surface area contributed by atoms with Crippen LogP contribution in [-0.4, -0.2) is 13.2 Å². The smallest absolute Gasteiger partial charge is 0.227 e. The zero-order valence-electron chi connectivity index (χ0n) is 4.72. The number of hydrogen-bond donors (Lipinski definition) is 0. The summed E-state index contributed by atoms with van der Waals surface area (Å²) in [5, 5.41) is 0. The predicted molar refractivity (Wildman–Crippen MR) is 30.0 cm³/mol. The van der Waals surface area contributed by atoms with Crippen molar-refractivity contribution in [2.24, 2.45) is 0 Å². The Kier molecular flexibility index (Phi) is 2.06.